The lowest BCUT2D eigenvalue weighted by molar-refractivity contribution is 0.460. The van der Waals surface area contributed by atoms with Crippen molar-refractivity contribution in [2.45, 2.75) is 37.1 Å². The van der Waals surface area contributed by atoms with Crippen molar-refractivity contribution >= 4 is 33.5 Å². The van der Waals surface area contributed by atoms with Gasteiger partial charge in [-0.1, -0.05) is 54.1 Å². The second kappa shape index (κ2) is 12.6. The number of nitrogens with zero attached hydrogens (tertiary/aromatic N) is 4. The number of hydrogen-bond acceptors (Lipinski definition) is 5. The number of aromatic nitrogens is 4. The van der Waals surface area contributed by atoms with E-state index in [9.17, 15) is 12.8 Å². The predicted molar refractivity (Wildman–Crippen MR) is 178 cm³/mol. The Bertz CT molecular complexity index is 2070. The molecular weight excluding hydrogens is 609 g/mol. The summed E-state index contributed by atoms with van der Waals surface area (Å²) in [5.41, 5.74) is 6.78. The Labute approximate surface area is 268 Å². The van der Waals surface area contributed by atoms with E-state index in [1.54, 1.807) is 53.6 Å². The maximum atomic E-state index is 13.9. The smallest absolute Gasteiger partial charge is 0.269 e. The molecule has 3 aromatic heterocycles. The first-order valence-electron chi connectivity index (χ1n) is 14.8. The Morgan fingerprint density at radius 1 is 0.889 bits per heavy atom. The van der Waals surface area contributed by atoms with Crippen molar-refractivity contribution in [3.8, 4) is 22.3 Å². The summed E-state index contributed by atoms with van der Waals surface area (Å²) in [6.07, 6.45) is 9.18. The lowest BCUT2D eigenvalue weighted by Gasteiger charge is -2.23. The number of halogens is 2. The number of pyridine rings is 1. The molecule has 1 N–H and O–H groups in total. The summed E-state index contributed by atoms with van der Waals surface area (Å²) in [5.74, 6) is 0.254. The molecule has 0 amide bonds. The molecule has 0 saturated carbocycles. The van der Waals surface area contributed by atoms with E-state index in [-0.39, 0.29) is 23.1 Å². The molecule has 1 aliphatic heterocycles. The Morgan fingerprint density at radius 3 is 2.38 bits per heavy atom. The van der Waals surface area contributed by atoms with E-state index in [0.29, 0.717) is 29.1 Å². The van der Waals surface area contributed by atoms with Crippen LogP contribution < -0.4 is 5.32 Å². The summed E-state index contributed by atoms with van der Waals surface area (Å²) in [7, 11) is -3.93. The molecule has 1 fully saturated rings. The van der Waals surface area contributed by atoms with E-state index in [1.165, 1.54) is 21.7 Å². The molecule has 0 radical (unpaired) electrons. The number of piperidine rings is 1. The molecule has 1 saturated heterocycles. The third kappa shape index (κ3) is 6.16. The molecule has 0 aliphatic carbocycles. The minimum absolute atomic E-state index is 0. The summed E-state index contributed by atoms with van der Waals surface area (Å²) in [4.78, 5) is 4.90. The second-order valence-corrected chi connectivity index (χ2v) is 13.3. The van der Waals surface area contributed by atoms with Crippen LogP contribution in [0, 0.1) is 12.7 Å². The normalized spacial score (nSPS) is 14.0. The van der Waals surface area contributed by atoms with Gasteiger partial charge in [-0.2, -0.15) is 5.10 Å². The molecule has 6 aromatic rings. The van der Waals surface area contributed by atoms with Crippen LogP contribution in [0.4, 0.5) is 4.39 Å². The molecule has 7 rings (SSSR count). The Morgan fingerprint density at radius 2 is 1.64 bits per heavy atom. The van der Waals surface area contributed by atoms with Crippen LogP contribution in [0.2, 0.25) is 0 Å². The summed E-state index contributed by atoms with van der Waals surface area (Å²) in [6, 6.07) is 23.8. The van der Waals surface area contributed by atoms with Gasteiger partial charge in [0.15, 0.2) is 5.65 Å². The number of hydrogen-bond donors (Lipinski definition) is 1. The van der Waals surface area contributed by atoms with Crippen molar-refractivity contribution < 1.29 is 12.8 Å². The zero-order chi connectivity index (χ0) is 30.3. The van der Waals surface area contributed by atoms with Gasteiger partial charge in [0.25, 0.3) is 10.0 Å². The maximum absolute atomic E-state index is 13.9. The maximum Gasteiger partial charge on any atom is 0.269 e. The van der Waals surface area contributed by atoms with E-state index in [2.05, 4.69) is 34.7 Å². The zero-order valence-corrected chi connectivity index (χ0v) is 26.4. The van der Waals surface area contributed by atoms with Gasteiger partial charge in [-0.15, -0.1) is 12.4 Å². The van der Waals surface area contributed by atoms with Crippen molar-refractivity contribution in [1.82, 2.24) is 24.1 Å². The second-order valence-electron chi connectivity index (χ2n) is 11.5. The summed E-state index contributed by atoms with van der Waals surface area (Å²) in [5, 5.41) is 8.63. The van der Waals surface area contributed by atoms with Gasteiger partial charge in [-0.25, -0.2) is 21.8 Å². The fourth-order valence-corrected chi connectivity index (χ4v) is 7.31. The minimum atomic E-state index is -3.93. The van der Waals surface area contributed by atoms with Crippen LogP contribution in [0.25, 0.3) is 33.3 Å². The average Bonchev–Trinajstić information content (AvgIpc) is 3.66. The quantitative estimate of drug-likeness (QED) is 0.200. The molecule has 3 aromatic carbocycles. The third-order valence-electron chi connectivity index (χ3n) is 8.42. The highest BCUT2D eigenvalue weighted by molar-refractivity contribution is 7.90. The topological polar surface area (TPSA) is 81.8 Å². The van der Waals surface area contributed by atoms with E-state index in [1.807, 2.05) is 25.3 Å². The standard InChI is InChI=1S/C35H32FN5O2S.ClH/c1-24-5-11-32(12-6-24)44(42,43)41-23-34(30-20-39-40(22-30)21-25-3-2-4-31(36)17-25)33-18-29(19-38-35(33)41)27-9-7-26(8-10-27)28-13-15-37-16-14-28;/h2-12,17-20,22-23,28,37H,13-16,21H2,1H3;1H. The first-order valence-corrected chi connectivity index (χ1v) is 16.2. The van der Waals surface area contributed by atoms with Crippen molar-refractivity contribution in [2.24, 2.45) is 0 Å². The predicted octanol–water partition coefficient (Wildman–Crippen LogP) is 7.19. The minimum Gasteiger partial charge on any atom is -0.317 e. The average molecular weight is 642 g/mol. The molecule has 0 spiro atoms. The van der Waals surface area contributed by atoms with Crippen molar-refractivity contribution in [3.63, 3.8) is 0 Å². The Kier molecular flexibility index (Phi) is 8.59. The van der Waals surface area contributed by atoms with E-state index in [0.717, 1.165) is 53.7 Å². The number of benzene rings is 3. The van der Waals surface area contributed by atoms with Gasteiger partial charge in [0.1, 0.15) is 5.82 Å². The Hall–Kier alpha value is -4.31. The fourth-order valence-electron chi connectivity index (χ4n) is 5.99. The Balaban J connectivity index is 0.00000357. The number of aryl methyl sites for hydroxylation is 1. The van der Waals surface area contributed by atoms with Crippen molar-refractivity contribution in [3.05, 3.63) is 126 Å². The van der Waals surface area contributed by atoms with Gasteiger partial charge in [0.2, 0.25) is 0 Å². The number of rotatable bonds is 7. The first-order chi connectivity index (χ1) is 21.3. The highest BCUT2D eigenvalue weighted by Gasteiger charge is 2.24. The van der Waals surface area contributed by atoms with Crippen molar-refractivity contribution in [1.29, 1.82) is 0 Å². The van der Waals surface area contributed by atoms with Gasteiger partial charge in [-0.3, -0.25) is 4.68 Å². The van der Waals surface area contributed by atoms with E-state index >= 15 is 0 Å². The van der Waals surface area contributed by atoms with Gasteiger partial charge in [0.05, 0.1) is 17.6 Å². The van der Waals surface area contributed by atoms with E-state index < -0.39 is 10.0 Å². The summed E-state index contributed by atoms with van der Waals surface area (Å²) in [6.45, 7) is 4.38. The van der Waals surface area contributed by atoms with Crippen LogP contribution in [0.5, 0.6) is 0 Å². The molecule has 0 bridgehead atoms. The molecule has 7 nitrogen and oxygen atoms in total. The van der Waals surface area contributed by atoms with Crippen LogP contribution in [0.1, 0.15) is 35.4 Å². The lowest BCUT2D eigenvalue weighted by atomic mass is 9.89. The van der Waals surface area contributed by atoms with Gasteiger partial charge in [-0.05, 0) is 85.8 Å². The molecule has 4 heterocycles. The molecule has 0 unspecified atom stereocenters. The first kappa shape index (κ1) is 30.7. The van der Waals surface area contributed by atoms with Crippen LogP contribution in [-0.2, 0) is 16.6 Å². The van der Waals surface area contributed by atoms with Crippen LogP contribution >= 0.6 is 12.4 Å². The molecule has 0 atom stereocenters. The molecular formula is C35H33ClFN5O2S. The molecule has 230 valence electrons. The van der Waals surface area contributed by atoms with Crippen molar-refractivity contribution in [2.75, 3.05) is 13.1 Å². The summed E-state index contributed by atoms with van der Waals surface area (Å²) < 4.78 is 44.5. The van der Waals surface area contributed by atoms with Crippen LogP contribution in [-0.4, -0.2) is 40.2 Å². The van der Waals surface area contributed by atoms with Gasteiger partial charge in [0, 0.05) is 40.7 Å². The molecule has 1 aliphatic rings. The largest absolute Gasteiger partial charge is 0.317 e. The monoisotopic (exact) mass is 641 g/mol. The lowest BCUT2D eigenvalue weighted by Crippen LogP contribution is -2.26. The summed E-state index contributed by atoms with van der Waals surface area (Å²) >= 11 is 0. The number of fused-ring (bicyclic) bond motifs is 1. The highest BCUT2D eigenvalue weighted by Crippen LogP contribution is 2.35. The van der Waals surface area contributed by atoms with Gasteiger partial charge < -0.3 is 5.32 Å². The number of nitrogens with one attached hydrogen (secondary N) is 1. The fraction of sp³-hybridized carbons (Fsp3) is 0.200. The third-order valence-corrected chi connectivity index (χ3v) is 10.1. The highest BCUT2D eigenvalue weighted by atomic mass is 35.5. The van der Waals surface area contributed by atoms with Gasteiger partial charge >= 0.3 is 0 Å². The zero-order valence-electron chi connectivity index (χ0n) is 24.7. The SMILES string of the molecule is Cc1ccc(S(=O)(=O)n2cc(-c3cnn(Cc4cccc(F)c4)c3)c3cc(-c4ccc(C5CCNCC5)cc4)cnc32)cc1.Cl. The van der Waals surface area contributed by atoms with Crippen LogP contribution in [0.3, 0.4) is 0 Å². The molecule has 10 heteroatoms. The molecule has 45 heavy (non-hydrogen) atoms. The van der Waals surface area contributed by atoms with E-state index in [4.69, 9.17) is 4.98 Å². The van der Waals surface area contributed by atoms with Crippen LogP contribution in [0.15, 0.2) is 109 Å².